The molecule has 0 radical (unpaired) electrons. The van der Waals surface area contributed by atoms with E-state index in [1.165, 1.54) is 0 Å². The van der Waals surface area contributed by atoms with Gasteiger partial charge in [0.25, 0.3) is 5.91 Å². The van der Waals surface area contributed by atoms with E-state index in [0.29, 0.717) is 17.9 Å². The molecule has 1 amide bonds. The lowest BCUT2D eigenvalue weighted by molar-refractivity contribution is 0.102. The van der Waals surface area contributed by atoms with Crippen LogP contribution in [-0.2, 0) is 0 Å². The van der Waals surface area contributed by atoms with Gasteiger partial charge in [0.15, 0.2) is 0 Å². The maximum atomic E-state index is 12.4. The number of nitrogens with zero attached hydrogens (tertiary/aromatic N) is 1. The van der Waals surface area contributed by atoms with Gasteiger partial charge >= 0.3 is 0 Å². The van der Waals surface area contributed by atoms with Gasteiger partial charge in [-0.15, -0.1) is 11.8 Å². The van der Waals surface area contributed by atoms with Crippen LogP contribution in [0.1, 0.15) is 17.3 Å². The fraction of sp³-hybridized carbons (Fsp3) is 0.200. The normalized spacial score (nSPS) is 10.2. The quantitative estimate of drug-likeness (QED) is 0.777. The Bertz CT molecular complexity index is 649. The first-order chi connectivity index (χ1) is 10.1. The topological polar surface area (TPSA) is 54.0 Å². The average Bonchev–Trinajstić information content (AvgIpc) is 2.49. The number of carbonyl (C=O) groups excluding carboxylic acids is 1. The minimum Gasteiger partial charge on any atom is -0.370 e. The first-order valence-electron chi connectivity index (χ1n) is 6.49. The van der Waals surface area contributed by atoms with Gasteiger partial charge in [-0.2, -0.15) is 0 Å². The zero-order valence-electron chi connectivity index (χ0n) is 11.8. The number of carbonyl (C=O) groups is 1. The number of nitrogens with one attached hydrogen (secondary N) is 2. The molecule has 2 rings (SSSR count). The molecule has 0 bridgehead atoms. The summed E-state index contributed by atoms with van der Waals surface area (Å²) in [6.45, 7) is 2.67. The van der Waals surface area contributed by atoms with Crippen molar-refractivity contribution in [1.82, 2.24) is 4.98 Å². The van der Waals surface area contributed by atoms with Crippen molar-refractivity contribution in [3.05, 3.63) is 46.6 Å². The maximum absolute atomic E-state index is 12.4. The van der Waals surface area contributed by atoms with Crippen molar-refractivity contribution in [3.63, 3.8) is 0 Å². The molecule has 1 heterocycles. The number of benzene rings is 1. The number of halogens is 1. The number of thioether (sulfide) groups is 1. The zero-order valence-corrected chi connectivity index (χ0v) is 14.2. The fourth-order valence-electron chi connectivity index (χ4n) is 1.82. The lowest BCUT2D eigenvalue weighted by Gasteiger charge is -2.11. The summed E-state index contributed by atoms with van der Waals surface area (Å²) in [6, 6.07) is 9.51. The molecule has 0 aliphatic heterocycles. The molecule has 6 heteroatoms. The summed E-state index contributed by atoms with van der Waals surface area (Å²) in [5.74, 6) is 0.400. The molecule has 0 aliphatic rings. The smallest absolute Gasteiger partial charge is 0.259 e. The second-order valence-electron chi connectivity index (χ2n) is 4.27. The fourth-order valence-corrected chi connectivity index (χ4v) is 2.61. The van der Waals surface area contributed by atoms with Crippen LogP contribution in [0.15, 0.2) is 45.9 Å². The van der Waals surface area contributed by atoms with Gasteiger partial charge in [0, 0.05) is 27.8 Å². The molecule has 0 aliphatic carbocycles. The van der Waals surface area contributed by atoms with Crippen LogP contribution in [0.5, 0.6) is 0 Å². The summed E-state index contributed by atoms with van der Waals surface area (Å²) in [6.07, 6.45) is 3.67. The van der Waals surface area contributed by atoms with Crippen molar-refractivity contribution >= 4 is 45.1 Å². The Hall–Kier alpha value is -1.53. The van der Waals surface area contributed by atoms with Crippen molar-refractivity contribution in [2.75, 3.05) is 23.4 Å². The standard InChI is InChI=1S/C15H16BrN3OS/c1-3-17-14-13(7-10(16)9-18-14)15(20)19-11-5-4-6-12(8-11)21-2/h4-9H,3H2,1-2H3,(H,17,18)(H,19,20). The molecule has 1 aromatic heterocycles. The third kappa shape index (κ3) is 4.22. The van der Waals surface area contributed by atoms with Gasteiger partial charge in [0.05, 0.1) is 5.56 Å². The number of hydrogen-bond acceptors (Lipinski definition) is 4. The lowest BCUT2D eigenvalue weighted by Crippen LogP contribution is -2.15. The van der Waals surface area contributed by atoms with Crippen molar-refractivity contribution in [2.45, 2.75) is 11.8 Å². The molecular formula is C15H16BrN3OS. The lowest BCUT2D eigenvalue weighted by atomic mass is 10.2. The van der Waals surface area contributed by atoms with E-state index in [-0.39, 0.29) is 5.91 Å². The Morgan fingerprint density at radius 3 is 2.90 bits per heavy atom. The van der Waals surface area contributed by atoms with Gasteiger partial charge in [-0.25, -0.2) is 4.98 Å². The van der Waals surface area contributed by atoms with Crippen LogP contribution in [0.3, 0.4) is 0 Å². The molecule has 0 saturated carbocycles. The number of pyridine rings is 1. The third-order valence-electron chi connectivity index (χ3n) is 2.77. The molecule has 1 aromatic carbocycles. The highest BCUT2D eigenvalue weighted by atomic mass is 79.9. The van der Waals surface area contributed by atoms with Crippen LogP contribution in [-0.4, -0.2) is 23.7 Å². The maximum Gasteiger partial charge on any atom is 0.259 e. The zero-order chi connectivity index (χ0) is 15.2. The van der Waals surface area contributed by atoms with Crippen LogP contribution in [0.4, 0.5) is 11.5 Å². The highest BCUT2D eigenvalue weighted by Crippen LogP contribution is 2.22. The molecule has 110 valence electrons. The highest BCUT2D eigenvalue weighted by Gasteiger charge is 2.13. The van der Waals surface area contributed by atoms with Gasteiger partial charge in [-0.3, -0.25) is 4.79 Å². The molecule has 21 heavy (non-hydrogen) atoms. The molecule has 2 aromatic rings. The van der Waals surface area contributed by atoms with Crippen LogP contribution >= 0.6 is 27.7 Å². The summed E-state index contributed by atoms with van der Waals surface area (Å²) in [5.41, 5.74) is 1.29. The van der Waals surface area contributed by atoms with Gasteiger partial charge in [0.1, 0.15) is 5.82 Å². The Balaban J connectivity index is 2.25. The number of rotatable bonds is 5. The molecule has 2 N–H and O–H groups in total. The largest absolute Gasteiger partial charge is 0.370 e. The summed E-state index contributed by atoms with van der Waals surface area (Å²) in [7, 11) is 0. The van der Waals surface area contributed by atoms with Gasteiger partial charge in [0.2, 0.25) is 0 Å². The van der Waals surface area contributed by atoms with E-state index in [0.717, 1.165) is 15.1 Å². The molecule has 0 fully saturated rings. The van der Waals surface area contributed by atoms with E-state index in [9.17, 15) is 4.79 Å². The average molecular weight is 366 g/mol. The van der Waals surface area contributed by atoms with Crippen molar-refractivity contribution in [2.24, 2.45) is 0 Å². The summed E-state index contributed by atoms with van der Waals surface area (Å²) in [4.78, 5) is 17.8. The van der Waals surface area contributed by atoms with Crippen molar-refractivity contribution < 1.29 is 4.79 Å². The van der Waals surface area contributed by atoms with Gasteiger partial charge in [-0.05, 0) is 53.4 Å². The Labute approximate surface area is 136 Å². The van der Waals surface area contributed by atoms with Gasteiger partial charge < -0.3 is 10.6 Å². The number of amides is 1. The first-order valence-corrected chi connectivity index (χ1v) is 8.50. The van der Waals surface area contributed by atoms with Gasteiger partial charge in [-0.1, -0.05) is 6.07 Å². The Morgan fingerprint density at radius 2 is 2.19 bits per heavy atom. The molecular weight excluding hydrogens is 350 g/mol. The number of hydrogen-bond donors (Lipinski definition) is 2. The molecule has 0 unspecified atom stereocenters. The minimum atomic E-state index is -0.182. The summed E-state index contributed by atoms with van der Waals surface area (Å²) < 4.78 is 0.771. The van der Waals surface area contributed by atoms with E-state index in [1.54, 1.807) is 24.0 Å². The Kier molecular flexibility index (Phi) is 5.64. The first kappa shape index (κ1) is 15.9. The van der Waals surface area contributed by atoms with E-state index in [4.69, 9.17) is 0 Å². The van der Waals surface area contributed by atoms with E-state index >= 15 is 0 Å². The third-order valence-corrected chi connectivity index (χ3v) is 3.93. The Morgan fingerprint density at radius 1 is 1.38 bits per heavy atom. The second-order valence-corrected chi connectivity index (χ2v) is 6.06. The van der Waals surface area contributed by atoms with Crippen LogP contribution < -0.4 is 10.6 Å². The summed E-state index contributed by atoms with van der Waals surface area (Å²) >= 11 is 4.99. The van der Waals surface area contributed by atoms with Crippen LogP contribution in [0.2, 0.25) is 0 Å². The van der Waals surface area contributed by atoms with E-state index < -0.39 is 0 Å². The molecule has 0 atom stereocenters. The van der Waals surface area contributed by atoms with E-state index in [1.807, 2.05) is 37.4 Å². The predicted molar refractivity (Wildman–Crippen MR) is 92.3 cm³/mol. The van der Waals surface area contributed by atoms with Crippen molar-refractivity contribution in [3.8, 4) is 0 Å². The predicted octanol–water partition coefficient (Wildman–Crippen LogP) is 4.25. The molecule has 0 spiro atoms. The van der Waals surface area contributed by atoms with Crippen LogP contribution in [0.25, 0.3) is 0 Å². The number of anilines is 2. The minimum absolute atomic E-state index is 0.182. The summed E-state index contributed by atoms with van der Waals surface area (Å²) in [5, 5.41) is 6.00. The second kappa shape index (κ2) is 7.47. The van der Waals surface area contributed by atoms with Crippen LogP contribution in [0, 0.1) is 0 Å². The molecule has 4 nitrogen and oxygen atoms in total. The number of aromatic nitrogens is 1. The molecule has 0 saturated heterocycles. The van der Waals surface area contributed by atoms with E-state index in [2.05, 4.69) is 31.5 Å². The highest BCUT2D eigenvalue weighted by molar-refractivity contribution is 9.10. The monoisotopic (exact) mass is 365 g/mol. The van der Waals surface area contributed by atoms with Crippen molar-refractivity contribution in [1.29, 1.82) is 0 Å². The SMILES string of the molecule is CCNc1ncc(Br)cc1C(=O)Nc1cccc(SC)c1.